The maximum Gasteiger partial charge on any atom is 0.191 e. The Bertz CT molecular complexity index is 588. The van der Waals surface area contributed by atoms with Crippen LogP contribution < -0.4 is 10.6 Å². The van der Waals surface area contributed by atoms with E-state index in [1.807, 2.05) is 25.2 Å². The molecule has 2 aromatic rings. The molecule has 0 unspecified atom stereocenters. The van der Waals surface area contributed by atoms with Crippen LogP contribution in [0.15, 0.2) is 29.3 Å². The lowest BCUT2D eigenvalue weighted by Crippen LogP contribution is -2.40. The lowest BCUT2D eigenvalue weighted by atomic mass is 10.3. The second-order valence-electron chi connectivity index (χ2n) is 4.80. The smallest absolute Gasteiger partial charge is 0.191 e. The van der Waals surface area contributed by atoms with Crippen molar-refractivity contribution in [2.24, 2.45) is 12.0 Å². The first-order chi connectivity index (χ1) is 9.11. The number of halogens is 1. The van der Waals surface area contributed by atoms with Crippen molar-refractivity contribution in [2.45, 2.75) is 26.4 Å². The number of aromatic nitrogens is 2. The highest BCUT2D eigenvalue weighted by atomic mass is 127. The summed E-state index contributed by atoms with van der Waals surface area (Å²) in [7, 11) is 3.80. The molecule has 0 bridgehead atoms. The number of aliphatic imine (C=N–C) groups is 1. The van der Waals surface area contributed by atoms with E-state index in [4.69, 9.17) is 0 Å². The van der Waals surface area contributed by atoms with Gasteiger partial charge in [-0.15, -0.1) is 24.0 Å². The summed E-state index contributed by atoms with van der Waals surface area (Å²) < 4.78 is 2.10. The largest absolute Gasteiger partial charge is 0.354 e. The fourth-order valence-corrected chi connectivity index (χ4v) is 1.98. The molecule has 6 heteroatoms. The van der Waals surface area contributed by atoms with Crippen molar-refractivity contribution >= 4 is 41.0 Å². The van der Waals surface area contributed by atoms with Crippen LogP contribution in [0.3, 0.4) is 0 Å². The van der Waals surface area contributed by atoms with E-state index in [2.05, 4.69) is 45.1 Å². The Morgan fingerprint density at radius 3 is 2.65 bits per heavy atom. The van der Waals surface area contributed by atoms with Crippen LogP contribution in [0.25, 0.3) is 11.0 Å². The third kappa shape index (κ3) is 3.84. The van der Waals surface area contributed by atoms with E-state index >= 15 is 0 Å². The summed E-state index contributed by atoms with van der Waals surface area (Å²) in [4.78, 5) is 8.80. The van der Waals surface area contributed by atoms with E-state index in [-0.39, 0.29) is 24.0 Å². The number of para-hydroxylation sites is 2. The van der Waals surface area contributed by atoms with Crippen LogP contribution in [0, 0.1) is 0 Å². The normalized spacial score (nSPS) is 11.6. The molecule has 0 saturated carbocycles. The van der Waals surface area contributed by atoms with Gasteiger partial charge in [0, 0.05) is 20.1 Å². The Morgan fingerprint density at radius 1 is 1.35 bits per heavy atom. The van der Waals surface area contributed by atoms with E-state index in [9.17, 15) is 0 Å². The SMILES string of the molecule is CN=C(NCc1nc2ccccc2n1C)NC(C)C.I. The van der Waals surface area contributed by atoms with Gasteiger partial charge in [0.15, 0.2) is 5.96 Å². The predicted octanol–water partition coefficient (Wildman–Crippen LogP) is 2.26. The minimum absolute atomic E-state index is 0. The summed E-state index contributed by atoms with van der Waals surface area (Å²) in [6, 6.07) is 8.49. The highest BCUT2D eigenvalue weighted by Gasteiger charge is 2.07. The molecule has 20 heavy (non-hydrogen) atoms. The average molecular weight is 387 g/mol. The van der Waals surface area contributed by atoms with E-state index in [1.165, 1.54) is 0 Å². The van der Waals surface area contributed by atoms with Gasteiger partial charge in [0.2, 0.25) is 0 Å². The number of benzene rings is 1. The van der Waals surface area contributed by atoms with Crippen LogP contribution >= 0.6 is 24.0 Å². The van der Waals surface area contributed by atoms with Gasteiger partial charge >= 0.3 is 0 Å². The average Bonchev–Trinajstić information content (AvgIpc) is 2.71. The molecule has 0 fully saturated rings. The highest BCUT2D eigenvalue weighted by molar-refractivity contribution is 14.0. The number of rotatable bonds is 3. The topological polar surface area (TPSA) is 54.2 Å². The molecule has 0 saturated heterocycles. The van der Waals surface area contributed by atoms with Crippen LogP contribution in [0.2, 0.25) is 0 Å². The van der Waals surface area contributed by atoms with Gasteiger partial charge in [-0.05, 0) is 26.0 Å². The molecule has 5 nitrogen and oxygen atoms in total. The molecule has 0 atom stereocenters. The third-order valence-electron chi connectivity index (χ3n) is 2.94. The number of guanidine groups is 1. The van der Waals surface area contributed by atoms with Crippen molar-refractivity contribution in [1.82, 2.24) is 20.2 Å². The molecule has 0 aliphatic carbocycles. The van der Waals surface area contributed by atoms with Gasteiger partial charge in [-0.3, -0.25) is 4.99 Å². The van der Waals surface area contributed by atoms with Gasteiger partial charge in [-0.25, -0.2) is 4.98 Å². The van der Waals surface area contributed by atoms with Gasteiger partial charge in [-0.2, -0.15) is 0 Å². The predicted molar refractivity (Wildman–Crippen MR) is 94.6 cm³/mol. The first-order valence-corrected chi connectivity index (χ1v) is 6.49. The second kappa shape index (κ2) is 7.47. The number of hydrogen-bond acceptors (Lipinski definition) is 2. The zero-order valence-corrected chi connectivity index (χ0v) is 14.7. The minimum Gasteiger partial charge on any atom is -0.354 e. The fraction of sp³-hybridized carbons (Fsp3) is 0.429. The zero-order valence-electron chi connectivity index (χ0n) is 12.3. The van der Waals surface area contributed by atoms with E-state index in [0.717, 1.165) is 22.8 Å². The maximum atomic E-state index is 4.62. The molecule has 2 rings (SSSR count). The Kier molecular flexibility index (Phi) is 6.25. The molecule has 110 valence electrons. The van der Waals surface area contributed by atoms with Crippen molar-refractivity contribution in [3.63, 3.8) is 0 Å². The summed E-state index contributed by atoms with van der Waals surface area (Å²) >= 11 is 0. The summed E-state index contributed by atoms with van der Waals surface area (Å²) in [5.74, 6) is 1.79. The Morgan fingerprint density at radius 2 is 2.05 bits per heavy atom. The van der Waals surface area contributed by atoms with E-state index in [0.29, 0.717) is 12.6 Å². The number of aryl methyl sites for hydroxylation is 1. The summed E-state index contributed by atoms with van der Waals surface area (Å²) in [5, 5.41) is 6.53. The molecule has 1 aromatic carbocycles. The fourth-order valence-electron chi connectivity index (χ4n) is 1.98. The van der Waals surface area contributed by atoms with Gasteiger partial charge < -0.3 is 15.2 Å². The zero-order chi connectivity index (χ0) is 13.8. The molecule has 1 aromatic heterocycles. The molecular formula is C14H22IN5. The third-order valence-corrected chi connectivity index (χ3v) is 2.94. The lowest BCUT2D eigenvalue weighted by Gasteiger charge is -2.14. The van der Waals surface area contributed by atoms with Crippen LogP contribution in [-0.4, -0.2) is 28.6 Å². The first-order valence-electron chi connectivity index (χ1n) is 6.49. The van der Waals surface area contributed by atoms with Gasteiger partial charge in [0.1, 0.15) is 5.82 Å². The van der Waals surface area contributed by atoms with Crippen LogP contribution in [0.1, 0.15) is 19.7 Å². The lowest BCUT2D eigenvalue weighted by molar-refractivity contribution is 0.683. The molecule has 0 aliphatic heterocycles. The van der Waals surface area contributed by atoms with Gasteiger partial charge in [0.05, 0.1) is 17.6 Å². The number of fused-ring (bicyclic) bond motifs is 1. The van der Waals surface area contributed by atoms with Crippen LogP contribution in [-0.2, 0) is 13.6 Å². The number of nitrogens with one attached hydrogen (secondary N) is 2. The first kappa shape index (κ1) is 16.7. The second-order valence-corrected chi connectivity index (χ2v) is 4.80. The Balaban J connectivity index is 0.00000200. The Hall–Kier alpha value is -1.31. The van der Waals surface area contributed by atoms with Gasteiger partial charge in [-0.1, -0.05) is 12.1 Å². The van der Waals surface area contributed by atoms with Crippen molar-refractivity contribution in [2.75, 3.05) is 7.05 Å². The molecule has 0 amide bonds. The van der Waals surface area contributed by atoms with Crippen LogP contribution in [0.4, 0.5) is 0 Å². The number of imidazole rings is 1. The summed E-state index contributed by atoms with van der Waals surface area (Å²) in [6.45, 7) is 4.82. The quantitative estimate of drug-likeness (QED) is 0.483. The van der Waals surface area contributed by atoms with Crippen molar-refractivity contribution < 1.29 is 0 Å². The summed E-state index contributed by atoms with van der Waals surface area (Å²) in [6.07, 6.45) is 0. The van der Waals surface area contributed by atoms with Crippen LogP contribution in [0.5, 0.6) is 0 Å². The number of nitrogens with zero attached hydrogens (tertiary/aromatic N) is 3. The molecule has 2 N–H and O–H groups in total. The van der Waals surface area contributed by atoms with E-state index < -0.39 is 0 Å². The molecular weight excluding hydrogens is 365 g/mol. The monoisotopic (exact) mass is 387 g/mol. The number of hydrogen-bond donors (Lipinski definition) is 2. The molecule has 1 heterocycles. The highest BCUT2D eigenvalue weighted by Crippen LogP contribution is 2.13. The van der Waals surface area contributed by atoms with Crippen molar-refractivity contribution in [1.29, 1.82) is 0 Å². The van der Waals surface area contributed by atoms with Gasteiger partial charge in [0.25, 0.3) is 0 Å². The van der Waals surface area contributed by atoms with E-state index in [1.54, 1.807) is 7.05 Å². The Labute approximate surface area is 136 Å². The molecule has 0 radical (unpaired) electrons. The molecule has 0 aliphatic rings. The van der Waals surface area contributed by atoms with Crippen molar-refractivity contribution in [3.05, 3.63) is 30.1 Å². The maximum absolute atomic E-state index is 4.62. The summed E-state index contributed by atoms with van der Waals surface area (Å²) in [5.41, 5.74) is 2.17. The van der Waals surface area contributed by atoms with Crippen molar-refractivity contribution in [3.8, 4) is 0 Å². The molecule has 0 spiro atoms. The minimum atomic E-state index is 0. The standard InChI is InChI=1S/C14H21N5.HI/c1-10(2)17-14(15-3)16-9-13-18-11-7-5-6-8-12(11)19(13)4;/h5-8,10H,9H2,1-4H3,(H2,15,16,17);1H.